The maximum Gasteiger partial charge on any atom is 0.230 e. The highest BCUT2D eigenvalue weighted by atomic mass is 32.2. The Labute approximate surface area is 150 Å². The first-order chi connectivity index (χ1) is 12.1. The third-order valence-corrected chi connectivity index (χ3v) is 4.69. The van der Waals surface area contributed by atoms with Crippen molar-refractivity contribution in [1.82, 2.24) is 25.1 Å². The lowest BCUT2D eigenvalue weighted by Crippen LogP contribution is -2.28. The Balaban J connectivity index is 1.62. The van der Waals surface area contributed by atoms with E-state index in [4.69, 9.17) is 0 Å². The van der Waals surface area contributed by atoms with Crippen LogP contribution in [0.1, 0.15) is 24.2 Å². The molecule has 1 atom stereocenters. The number of carbonyl (C=O) groups is 1. The Morgan fingerprint density at radius 1 is 1.20 bits per heavy atom. The average Bonchev–Trinajstić information content (AvgIpc) is 3.03. The molecule has 0 radical (unpaired) electrons. The van der Waals surface area contributed by atoms with Crippen molar-refractivity contribution in [3.05, 3.63) is 66.2 Å². The lowest BCUT2D eigenvalue weighted by molar-refractivity contribution is -0.119. The fraction of sp³-hybridized carbons (Fsp3) is 0.222. The molecule has 6 nitrogen and oxygen atoms in total. The average molecular weight is 353 g/mol. The topological polar surface area (TPSA) is 72.7 Å². The highest BCUT2D eigenvalue weighted by molar-refractivity contribution is 7.99. The maximum atomic E-state index is 12.2. The minimum atomic E-state index is -0.130. The Kier molecular flexibility index (Phi) is 5.45. The molecule has 0 saturated carbocycles. The van der Waals surface area contributed by atoms with E-state index in [2.05, 4.69) is 20.4 Å². The van der Waals surface area contributed by atoms with Crippen LogP contribution in [0.5, 0.6) is 0 Å². The minimum absolute atomic E-state index is 0.0341. The molecule has 0 unspecified atom stereocenters. The summed E-state index contributed by atoms with van der Waals surface area (Å²) in [5.41, 5.74) is 1.94. The minimum Gasteiger partial charge on any atom is -0.349 e. The molecule has 1 N–H and O–H groups in total. The van der Waals surface area contributed by atoms with Crippen LogP contribution in [0.2, 0.25) is 0 Å². The standard InChI is InChI=1S/C18H19N5OS/c1-13(22-17(24)12-25-18-8-4-6-10-20-18)15-11-21-23(14(15)2)16-7-3-5-9-19-16/h3-11,13H,12H2,1-2H3,(H,22,24)/t13-/m1/s1. The zero-order valence-corrected chi connectivity index (χ0v) is 14.9. The van der Waals surface area contributed by atoms with E-state index in [1.54, 1.807) is 23.3 Å². The molecular formula is C18H19N5OS. The first-order valence-corrected chi connectivity index (χ1v) is 8.93. The second-order valence-corrected chi connectivity index (χ2v) is 6.53. The molecule has 0 aliphatic carbocycles. The fourth-order valence-corrected chi connectivity index (χ4v) is 3.16. The van der Waals surface area contributed by atoms with Crippen LogP contribution in [-0.2, 0) is 4.79 Å². The van der Waals surface area contributed by atoms with Gasteiger partial charge in [0.2, 0.25) is 5.91 Å². The van der Waals surface area contributed by atoms with Gasteiger partial charge in [0.25, 0.3) is 0 Å². The number of hydrogen-bond donors (Lipinski definition) is 1. The number of nitrogens with one attached hydrogen (secondary N) is 1. The van der Waals surface area contributed by atoms with Crippen molar-refractivity contribution in [1.29, 1.82) is 0 Å². The third kappa shape index (κ3) is 4.24. The molecular weight excluding hydrogens is 334 g/mol. The van der Waals surface area contributed by atoms with Gasteiger partial charge < -0.3 is 5.32 Å². The van der Waals surface area contributed by atoms with E-state index in [1.165, 1.54) is 11.8 Å². The molecule has 128 valence electrons. The van der Waals surface area contributed by atoms with Crippen LogP contribution >= 0.6 is 11.8 Å². The van der Waals surface area contributed by atoms with Gasteiger partial charge in [-0.3, -0.25) is 4.79 Å². The molecule has 0 spiro atoms. The summed E-state index contributed by atoms with van der Waals surface area (Å²) >= 11 is 1.42. The van der Waals surface area contributed by atoms with Gasteiger partial charge in [0.15, 0.2) is 5.82 Å². The lowest BCUT2D eigenvalue weighted by atomic mass is 10.1. The molecule has 0 saturated heterocycles. The predicted molar refractivity (Wildman–Crippen MR) is 97.6 cm³/mol. The molecule has 1 amide bonds. The number of nitrogens with zero attached hydrogens (tertiary/aromatic N) is 4. The van der Waals surface area contributed by atoms with Crippen LogP contribution in [0.4, 0.5) is 0 Å². The fourth-order valence-electron chi connectivity index (χ4n) is 2.49. The molecule has 0 bridgehead atoms. The number of hydrogen-bond acceptors (Lipinski definition) is 5. The molecule has 0 aromatic carbocycles. The van der Waals surface area contributed by atoms with E-state index < -0.39 is 0 Å². The summed E-state index contributed by atoms with van der Waals surface area (Å²) < 4.78 is 1.78. The monoisotopic (exact) mass is 353 g/mol. The molecule has 3 aromatic rings. The van der Waals surface area contributed by atoms with Crippen molar-refractivity contribution >= 4 is 17.7 Å². The predicted octanol–water partition coefficient (Wildman–Crippen LogP) is 2.94. The number of amides is 1. The second-order valence-electron chi connectivity index (χ2n) is 5.53. The Bertz CT molecular complexity index is 835. The van der Waals surface area contributed by atoms with E-state index >= 15 is 0 Å². The normalized spacial score (nSPS) is 11.9. The van der Waals surface area contributed by atoms with Gasteiger partial charge in [0, 0.05) is 23.7 Å². The highest BCUT2D eigenvalue weighted by Crippen LogP contribution is 2.20. The molecule has 3 rings (SSSR count). The van der Waals surface area contributed by atoms with E-state index in [9.17, 15) is 4.79 Å². The molecule has 0 fully saturated rings. The first kappa shape index (κ1) is 17.2. The first-order valence-electron chi connectivity index (χ1n) is 7.94. The summed E-state index contributed by atoms with van der Waals surface area (Å²) in [6.45, 7) is 3.93. The number of thioether (sulfide) groups is 1. The van der Waals surface area contributed by atoms with E-state index in [-0.39, 0.29) is 11.9 Å². The molecule has 0 aliphatic heterocycles. The van der Waals surface area contributed by atoms with Crippen LogP contribution in [0.25, 0.3) is 5.82 Å². The summed E-state index contributed by atoms with van der Waals surface area (Å²) in [4.78, 5) is 20.7. The Morgan fingerprint density at radius 3 is 2.64 bits per heavy atom. The molecule has 0 aliphatic rings. The summed E-state index contributed by atoms with van der Waals surface area (Å²) in [6, 6.07) is 11.2. The summed E-state index contributed by atoms with van der Waals surface area (Å²) in [6.07, 6.45) is 5.23. The van der Waals surface area contributed by atoms with Gasteiger partial charge in [-0.1, -0.05) is 23.9 Å². The number of aromatic nitrogens is 4. The third-order valence-electron chi connectivity index (χ3n) is 3.75. The summed E-state index contributed by atoms with van der Waals surface area (Å²) in [7, 11) is 0. The summed E-state index contributed by atoms with van der Waals surface area (Å²) in [5.74, 6) is 1.05. The van der Waals surface area contributed by atoms with Crippen molar-refractivity contribution < 1.29 is 4.79 Å². The van der Waals surface area contributed by atoms with Gasteiger partial charge in [0.05, 0.1) is 23.0 Å². The van der Waals surface area contributed by atoms with Gasteiger partial charge in [0.1, 0.15) is 0 Å². The van der Waals surface area contributed by atoms with Crippen LogP contribution in [0.15, 0.2) is 60.0 Å². The summed E-state index contributed by atoms with van der Waals surface area (Å²) in [5, 5.41) is 8.24. The van der Waals surface area contributed by atoms with Gasteiger partial charge in [-0.15, -0.1) is 0 Å². The Hall–Kier alpha value is -2.67. The Morgan fingerprint density at radius 2 is 1.96 bits per heavy atom. The van der Waals surface area contributed by atoms with Crippen molar-refractivity contribution in [2.45, 2.75) is 24.9 Å². The van der Waals surface area contributed by atoms with Crippen molar-refractivity contribution in [3.63, 3.8) is 0 Å². The molecule has 3 heterocycles. The highest BCUT2D eigenvalue weighted by Gasteiger charge is 2.16. The number of pyridine rings is 2. The second kappa shape index (κ2) is 7.94. The van der Waals surface area contributed by atoms with Gasteiger partial charge in [-0.25, -0.2) is 14.6 Å². The number of rotatable bonds is 6. The van der Waals surface area contributed by atoms with Crippen molar-refractivity contribution in [2.24, 2.45) is 0 Å². The van der Waals surface area contributed by atoms with Crippen LogP contribution in [-0.4, -0.2) is 31.4 Å². The van der Waals surface area contributed by atoms with Crippen LogP contribution in [0, 0.1) is 6.92 Å². The van der Waals surface area contributed by atoms with Crippen molar-refractivity contribution in [2.75, 3.05) is 5.75 Å². The maximum absolute atomic E-state index is 12.2. The molecule has 7 heteroatoms. The zero-order valence-electron chi connectivity index (χ0n) is 14.1. The number of carbonyl (C=O) groups excluding carboxylic acids is 1. The van der Waals surface area contributed by atoms with Gasteiger partial charge in [-0.05, 0) is 38.1 Å². The molecule has 25 heavy (non-hydrogen) atoms. The zero-order chi connectivity index (χ0) is 17.6. The lowest BCUT2D eigenvalue weighted by Gasteiger charge is -2.14. The van der Waals surface area contributed by atoms with E-state index in [1.807, 2.05) is 50.2 Å². The van der Waals surface area contributed by atoms with Crippen molar-refractivity contribution in [3.8, 4) is 5.82 Å². The van der Waals surface area contributed by atoms with E-state index in [0.29, 0.717) is 5.75 Å². The van der Waals surface area contributed by atoms with Gasteiger partial charge in [-0.2, -0.15) is 5.10 Å². The largest absolute Gasteiger partial charge is 0.349 e. The van der Waals surface area contributed by atoms with Crippen LogP contribution < -0.4 is 5.32 Å². The smallest absolute Gasteiger partial charge is 0.230 e. The van der Waals surface area contributed by atoms with Crippen LogP contribution in [0.3, 0.4) is 0 Å². The quantitative estimate of drug-likeness (QED) is 0.690. The molecule has 3 aromatic heterocycles. The SMILES string of the molecule is Cc1c([C@@H](C)NC(=O)CSc2ccccn2)cnn1-c1ccccn1. The van der Waals surface area contributed by atoms with Gasteiger partial charge >= 0.3 is 0 Å². The van der Waals surface area contributed by atoms with E-state index in [0.717, 1.165) is 22.1 Å².